The molecule has 16 aromatic rings. The Bertz CT molecular complexity index is 5810. The largest absolute Gasteiger partial charge is 2.00 e. The maximum atomic E-state index is 10.7. The molecule has 11 heteroatoms. The van der Waals surface area contributed by atoms with Gasteiger partial charge in [-0.2, -0.15) is 26.7 Å². The van der Waals surface area contributed by atoms with Gasteiger partial charge in [-0.15, -0.1) is 19.2 Å². The Morgan fingerprint density at radius 3 is 0.790 bits per heavy atom. The van der Waals surface area contributed by atoms with E-state index in [-0.39, 0.29) is 80.2 Å². The van der Waals surface area contributed by atoms with Gasteiger partial charge in [0.15, 0.2) is 0 Å². The molecule has 0 N–H and O–H groups in total. The van der Waals surface area contributed by atoms with E-state index in [2.05, 4.69) is 471 Å². The van der Waals surface area contributed by atoms with Crippen molar-refractivity contribution in [2.24, 2.45) is 0 Å². The van der Waals surface area contributed by atoms with Crippen LogP contribution in [0.1, 0.15) is 178 Å². The first-order valence-corrected chi connectivity index (χ1v) is 59.8. The molecule has 4 saturated carbocycles. The quantitative estimate of drug-likeness (QED) is 0.0405. The third-order valence-corrected chi connectivity index (χ3v) is 45.5. The smallest absolute Gasteiger partial charge is 0.358 e. The molecule has 4 aliphatic rings. The van der Waals surface area contributed by atoms with Gasteiger partial charge in [-0.1, -0.05) is 527 Å². The first-order valence-electron chi connectivity index (χ1n) is 49.3. The van der Waals surface area contributed by atoms with Crippen LogP contribution in [0, 0.1) is 40.5 Å². The van der Waals surface area contributed by atoms with E-state index in [9.17, 15) is 4.20 Å². The second kappa shape index (κ2) is 58.7. The summed E-state index contributed by atoms with van der Waals surface area (Å²) in [5.74, 6) is 3.51. The first-order chi connectivity index (χ1) is 65.3. The Morgan fingerprint density at radius 2 is 0.522 bits per heavy atom. The molecule has 4 atom stereocenters. The van der Waals surface area contributed by atoms with Crippen LogP contribution in [0.4, 0.5) is 4.20 Å². The average molecular weight is 2060 g/mol. The summed E-state index contributed by atoms with van der Waals surface area (Å²) in [6.07, 6.45) is 20.1. The minimum atomic E-state index is -1.95. The number of aryl methyl sites for hydroxylation is 2. The molecule has 0 heterocycles. The maximum absolute atomic E-state index is 10.7. The van der Waals surface area contributed by atoms with Crippen molar-refractivity contribution in [2.45, 2.75) is 226 Å². The third kappa shape index (κ3) is 29.6. The Labute approximate surface area is 867 Å². The molecule has 0 radical (unpaired) electrons. The molecule has 4 fully saturated rings. The van der Waals surface area contributed by atoms with Gasteiger partial charge in [-0.3, -0.25) is 0 Å². The fraction of sp³-hybridized carbons (Fsp3) is 0.276. The van der Waals surface area contributed by atoms with E-state index in [4.69, 9.17) is 1.28 Å². The summed E-state index contributed by atoms with van der Waals surface area (Å²) in [6.45, 7) is 28.5. The minimum Gasteiger partial charge on any atom is -0.358 e. The van der Waals surface area contributed by atoms with Crippen molar-refractivity contribution in [1.82, 2.24) is 0 Å². The molecule has 4 aliphatic carbocycles. The van der Waals surface area contributed by atoms with E-state index in [1.165, 1.54) is 209 Å². The summed E-state index contributed by atoms with van der Waals surface area (Å²) in [5.41, 5.74) is 15.6. The predicted molar refractivity (Wildman–Crippen MR) is 630 cm³/mol. The second-order valence-corrected chi connectivity index (χ2v) is 54.5. The van der Waals surface area contributed by atoms with Crippen LogP contribution in [0.15, 0.2) is 388 Å². The van der Waals surface area contributed by atoms with E-state index in [1.807, 2.05) is 0 Å². The first kappa shape index (κ1) is 113. The Morgan fingerprint density at radius 1 is 0.290 bits per heavy atom. The van der Waals surface area contributed by atoms with Gasteiger partial charge in [-0.05, 0) is 227 Å². The van der Waals surface area contributed by atoms with Crippen LogP contribution in [-0.4, -0.2) is 46.6 Å². The van der Waals surface area contributed by atoms with Gasteiger partial charge in [0.25, 0.3) is 0 Å². The SMILES string of the molecule is C.CC(C)P(C(C)C)C1CCCC1.C[C-]1CCCC1P(C(C)C)C(C)C.C[C-]1CCCC1P(c1ccccc1)c1ccccc1.Cc1ccc2ccccc2c1-c1c(C)ccc2ccccc12.[2H]P(F)P.[CH3-].[CH3-].[Fe+2].[Fe+2].c1ccc(P(c2ccccc2)C2CCCC2)cc1.c1ccc(P(c2ccccc2)c2ccc3ccccc3c2-c2c(P(c3ccccc3)c3ccccc3)ccc3ccccc23)cc1. The van der Waals surface area contributed by atoms with Crippen LogP contribution in [0.5, 0.6) is 0 Å². The summed E-state index contributed by atoms with van der Waals surface area (Å²) in [5, 5.41) is 24.7. The van der Waals surface area contributed by atoms with Crippen molar-refractivity contribution >= 4 is 161 Å². The van der Waals surface area contributed by atoms with E-state index >= 15 is 0 Å². The molecule has 720 valence electrons. The van der Waals surface area contributed by atoms with Crippen molar-refractivity contribution < 1.29 is 38.3 Å². The molecule has 0 amide bonds. The average Bonchev–Trinajstić information content (AvgIpc) is 1.65. The summed E-state index contributed by atoms with van der Waals surface area (Å²) in [4.78, 5) is 0. The summed E-state index contributed by atoms with van der Waals surface area (Å²) in [7, 11) is -1.75. The molecule has 0 saturated heterocycles. The zero-order valence-electron chi connectivity index (χ0n) is 84.3. The topological polar surface area (TPSA) is 0 Å². The molecule has 4 unspecified atom stereocenters. The second-order valence-electron chi connectivity index (χ2n) is 37.2. The third-order valence-electron chi connectivity index (χ3n) is 27.0. The molecule has 0 spiro atoms. The van der Waals surface area contributed by atoms with E-state index in [0.717, 1.165) is 45.3 Å². The van der Waals surface area contributed by atoms with Crippen LogP contribution in [0.25, 0.3) is 65.3 Å². The van der Waals surface area contributed by atoms with Crippen LogP contribution >= 0.6 is 65.0 Å². The van der Waals surface area contributed by atoms with Crippen molar-refractivity contribution in [3.05, 3.63) is 426 Å². The molecule has 0 nitrogen and oxygen atoms in total. The van der Waals surface area contributed by atoms with E-state index in [0.29, 0.717) is 7.92 Å². The zero-order valence-corrected chi connectivity index (χ0v) is 92.9. The molecule has 20 rings (SSSR count). The number of halogens is 1. The van der Waals surface area contributed by atoms with E-state index in [1.54, 1.807) is 31.4 Å². The summed E-state index contributed by atoms with van der Waals surface area (Å²) in [6, 6.07) is 142. The van der Waals surface area contributed by atoms with Gasteiger partial charge in [0.2, 0.25) is 0 Å². The van der Waals surface area contributed by atoms with Gasteiger partial charge in [0.1, 0.15) is 0 Å². The molecule has 0 bridgehead atoms. The van der Waals surface area contributed by atoms with Crippen LogP contribution < -0.4 is 53.0 Å². The van der Waals surface area contributed by atoms with Crippen LogP contribution in [-0.2, 0) is 34.1 Å². The van der Waals surface area contributed by atoms with Crippen molar-refractivity contribution in [1.29, 1.82) is 1.28 Å². The monoisotopic (exact) mass is 2050 g/mol. The van der Waals surface area contributed by atoms with E-state index < -0.39 is 24.4 Å². The Balaban J connectivity index is 0.000000198. The fourth-order valence-electron chi connectivity index (χ4n) is 21.3. The Hall–Kier alpha value is -7.03. The molecule has 16 aromatic carbocycles. The Kier molecular flexibility index (Phi) is 48.0. The molecular weight excluding hydrogens is 1900 g/mol. The number of hydrogen-bond acceptors (Lipinski definition) is 0. The van der Waals surface area contributed by atoms with Gasteiger partial charge in [0.05, 0.1) is 9.80 Å². The minimum absolute atomic E-state index is 0. The zero-order chi connectivity index (χ0) is 93.8. The molecular formula is C127H149FFe2P8. The van der Waals surface area contributed by atoms with Crippen LogP contribution in [0.2, 0.25) is 0 Å². The molecule has 0 aromatic heterocycles. The normalized spacial score (nSPS) is 15.1. The molecule has 0 aliphatic heterocycles. The fourth-order valence-corrected chi connectivity index (χ4v) is 39.9. The molecule has 138 heavy (non-hydrogen) atoms. The number of rotatable bonds is 20. The maximum Gasteiger partial charge on any atom is 2.00 e. The van der Waals surface area contributed by atoms with Crippen molar-refractivity contribution in [3.63, 3.8) is 0 Å². The summed E-state index contributed by atoms with van der Waals surface area (Å²) >= 11 is 0. The number of benzene rings is 16. The predicted octanol–water partition coefficient (Wildman–Crippen LogP) is 35.3. The number of hydrogen-bond donors (Lipinski definition) is 0. The van der Waals surface area contributed by atoms with Gasteiger partial charge >= 0.3 is 34.1 Å². The van der Waals surface area contributed by atoms with Crippen molar-refractivity contribution in [3.8, 4) is 22.3 Å². The summed E-state index contributed by atoms with van der Waals surface area (Å²) < 4.78 is 16.6. The van der Waals surface area contributed by atoms with Gasteiger partial charge in [-0.25, -0.2) is 4.20 Å². The number of fused-ring (bicyclic) bond motifs is 4. The van der Waals surface area contributed by atoms with Gasteiger partial charge in [0, 0.05) is 0 Å². The van der Waals surface area contributed by atoms with Crippen molar-refractivity contribution in [2.75, 3.05) is 0 Å². The standard InChI is InChI=1S/C44H32P2.C22H18.C18H20P.C17H19P.C12H24P.C11H23P.CH4.2CH3.FH3P2.2Fe/c1-5-19-35(20-6-1)45(36-21-7-2-8-22-36)41-31-29-33-17-13-15-27-39(33)43(41)44-40-28-16-14-18-34(40)30-32-42(44)46(37-23-9-3-10-24-37)38-25-11-4-12-26-38;1-15-11-13-17-7-3-5-9-19(17)21(15)22-16(2)12-14-18-8-4-6-10-20(18)22;1-15-9-8-14-18(15)19(16-10-4-2-5-11-16)17-12-6-3-7-13-17;1-3-9-15(10-4-1)18(17-13-7-8-14-17)16-11-5-2-6-12-16;1-9(2)13(10(3)4)12-8-6-7-11(12)5;1-9(2)12(10(3)4)11-7-5-6-8-11;;;;1-3-2;;/h1-32H;3-14H,1-2H3;2-7,10-13,18H,8-9,14H2,1H3;1-6,9-12,17H,7-8,13-14H2;9-10,12H,6-8H2,1-5H3;9-11H,5-8H2,1-4H3;1H4;2*1H3;3H,2H2;;/q;;-1;;-1;;;2*-1;;2*+2/i;;;;;;;;;3D;;. The van der Waals surface area contributed by atoms with Crippen LogP contribution in [0.3, 0.4) is 0 Å². The van der Waals surface area contributed by atoms with Gasteiger partial charge < -0.3 is 26.7 Å².